The van der Waals surface area contributed by atoms with E-state index in [1.165, 1.54) is 17.1 Å². The summed E-state index contributed by atoms with van der Waals surface area (Å²) in [5.74, 6) is -1.02. The van der Waals surface area contributed by atoms with Crippen molar-refractivity contribution in [1.82, 2.24) is 9.78 Å². The molecule has 0 fully saturated rings. The highest BCUT2D eigenvalue weighted by atomic mass is 16.4. The number of carbonyl (C=O) groups is 1. The van der Waals surface area contributed by atoms with E-state index in [4.69, 9.17) is 10.4 Å². The topological polar surface area (TPSA) is 78.9 Å². The molecule has 0 atom stereocenters. The van der Waals surface area contributed by atoms with E-state index in [1.54, 1.807) is 12.1 Å². The highest BCUT2D eigenvalue weighted by Gasteiger charge is 2.10. The van der Waals surface area contributed by atoms with E-state index in [-0.39, 0.29) is 5.56 Å². The Balaban J connectivity index is 2.26. The summed E-state index contributed by atoms with van der Waals surface area (Å²) in [7, 11) is 0. The van der Waals surface area contributed by atoms with Crippen LogP contribution in [0.25, 0.3) is 16.5 Å². The molecule has 5 nitrogen and oxygen atoms in total. The van der Waals surface area contributed by atoms with E-state index in [1.807, 2.05) is 24.3 Å². The van der Waals surface area contributed by atoms with Gasteiger partial charge in [0.05, 0.1) is 29.1 Å². The van der Waals surface area contributed by atoms with Gasteiger partial charge in [-0.2, -0.15) is 10.4 Å². The Kier molecular flexibility index (Phi) is 2.70. The van der Waals surface area contributed by atoms with Crippen LogP contribution < -0.4 is 0 Å². The fraction of sp³-hybridized carbons (Fsp3) is 0. The summed E-state index contributed by atoms with van der Waals surface area (Å²) in [6.07, 6.45) is 2.76. The van der Waals surface area contributed by atoms with Gasteiger partial charge in [-0.15, -0.1) is 0 Å². The van der Waals surface area contributed by atoms with E-state index in [2.05, 4.69) is 11.2 Å². The molecule has 1 N–H and O–H groups in total. The first-order chi connectivity index (χ1) is 9.70. The normalized spacial score (nSPS) is 10.3. The molecule has 0 saturated heterocycles. The van der Waals surface area contributed by atoms with Gasteiger partial charge in [0, 0.05) is 17.0 Å². The zero-order valence-electron chi connectivity index (χ0n) is 10.3. The van der Waals surface area contributed by atoms with Gasteiger partial charge in [-0.3, -0.25) is 0 Å². The maximum atomic E-state index is 10.9. The number of nitrogens with zero attached hydrogens (tertiary/aromatic N) is 3. The average Bonchev–Trinajstić information content (AvgIpc) is 2.96. The maximum Gasteiger partial charge on any atom is 0.338 e. The molecule has 0 saturated carbocycles. The Bertz CT molecular complexity index is 859. The first-order valence-corrected chi connectivity index (χ1v) is 5.91. The largest absolute Gasteiger partial charge is 0.478 e. The number of benzene rings is 2. The number of rotatable bonds is 2. The predicted octanol–water partition coefficient (Wildman–Crippen LogP) is 2.60. The Morgan fingerprint density at radius 2 is 1.95 bits per heavy atom. The van der Waals surface area contributed by atoms with Crippen LogP contribution >= 0.6 is 0 Å². The Labute approximate surface area is 114 Å². The lowest BCUT2D eigenvalue weighted by atomic mass is 10.0. The van der Waals surface area contributed by atoms with Crippen molar-refractivity contribution in [3.8, 4) is 11.8 Å². The third-order valence-electron chi connectivity index (χ3n) is 3.10. The Morgan fingerprint density at radius 1 is 1.20 bits per heavy atom. The lowest BCUT2D eigenvalue weighted by molar-refractivity contribution is 0.0697. The highest BCUT2D eigenvalue weighted by Crippen LogP contribution is 2.25. The maximum absolute atomic E-state index is 10.9. The van der Waals surface area contributed by atoms with E-state index >= 15 is 0 Å². The summed E-state index contributed by atoms with van der Waals surface area (Å²) >= 11 is 0. The van der Waals surface area contributed by atoms with Gasteiger partial charge in [-0.05, 0) is 12.1 Å². The van der Waals surface area contributed by atoms with Crippen LogP contribution in [0, 0.1) is 11.3 Å². The molecule has 0 aliphatic rings. The van der Waals surface area contributed by atoms with Crippen molar-refractivity contribution in [2.75, 3.05) is 0 Å². The highest BCUT2D eigenvalue weighted by molar-refractivity contribution is 5.94. The average molecular weight is 263 g/mol. The number of nitriles is 1. The second-order valence-corrected chi connectivity index (χ2v) is 4.27. The molecule has 96 valence electrons. The molecule has 1 heterocycles. The summed E-state index contributed by atoms with van der Waals surface area (Å²) in [6, 6.07) is 13.1. The number of carboxylic acids is 1. The van der Waals surface area contributed by atoms with Gasteiger partial charge in [0.25, 0.3) is 0 Å². The van der Waals surface area contributed by atoms with Crippen LogP contribution in [0.5, 0.6) is 0 Å². The molecule has 0 aliphatic heterocycles. The quantitative estimate of drug-likeness (QED) is 0.770. The van der Waals surface area contributed by atoms with Gasteiger partial charge in [0.1, 0.15) is 0 Å². The summed E-state index contributed by atoms with van der Waals surface area (Å²) in [6.45, 7) is 0. The molecule has 20 heavy (non-hydrogen) atoms. The molecular formula is C15H9N3O2. The van der Waals surface area contributed by atoms with Crippen LogP contribution in [0.1, 0.15) is 15.9 Å². The zero-order valence-corrected chi connectivity index (χ0v) is 10.3. The van der Waals surface area contributed by atoms with Gasteiger partial charge in [-0.1, -0.05) is 24.3 Å². The summed E-state index contributed by atoms with van der Waals surface area (Å²) in [4.78, 5) is 10.9. The SMILES string of the molecule is N#Cc1ccc(-n2cc(C(=O)O)cn2)c2ccccc12. The van der Waals surface area contributed by atoms with Crippen molar-refractivity contribution in [2.45, 2.75) is 0 Å². The summed E-state index contributed by atoms with van der Waals surface area (Å²) < 4.78 is 1.51. The number of hydrogen-bond donors (Lipinski definition) is 1. The second kappa shape index (κ2) is 4.52. The van der Waals surface area contributed by atoms with Crippen molar-refractivity contribution < 1.29 is 9.90 Å². The molecule has 0 bridgehead atoms. The van der Waals surface area contributed by atoms with Crippen molar-refractivity contribution in [2.24, 2.45) is 0 Å². The van der Waals surface area contributed by atoms with E-state index in [0.29, 0.717) is 5.56 Å². The summed E-state index contributed by atoms with van der Waals surface area (Å²) in [5, 5.41) is 23.8. The molecule has 0 spiro atoms. The fourth-order valence-corrected chi connectivity index (χ4v) is 2.15. The van der Waals surface area contributed by atoms with Crippen molar-refractivity contribution in [3.05, 3.63) is 59.9 Å². The molecule has 3 aromatic rings. The number of aromatic nitrogens is 2. The van der Waals surface area contributed by atoms with Crippen molar-refractivity contribution >= 4 is 16.7 Å². The molecule has 0 radical (unpaired) electrons. The van der Waals surface area contributed by atoms with Crippen LogP contribution in [0.2, 0.25) is 0 Å². The van der Waals surface area contributed by atoms with E-state index < -0.39 is 5.97 Å². The van der Waals surface area contributed by atoms with Crippen LogP contribution in [-0.4, -0.2) is 20.9 Å². The van der Waals surface area contributed by atoms with Crippen LogP contribution in [0.4, 0.5) is 0 Å². The van der Waals surface area contributed by atoms with Crippen molar-refractivity contribution in [1.29, 1.82) is 5.26 Å². The minimum absolute atomic E-state index is 0.124. The Hall–Kier alpha value is -3.13. The molecular weight excluding hydrogens is 254 g/mol. The standard InChI is InChI=1S/C15H9N3O2/c16-7-10-5-6-14(13-4-2-1-3-12(10)13)18-9-11(8-17-18)15(19)20/h1-6,8-9H,(H,19,20). The van der Waals surface area contributed by atoms with Gasteiger partial charge < -0.3 is 5.11 Å². The van der Waals surface area contributed by atoms with E-state index in [0.717, 1.165) is 16.5 Å². The number of carboxylic acid groups (broad SMARTS) is 1. The van der Waals surface area contributed by atoms with Crippen LogP contribution in [0.3, 0.4) is 0 Å². The fourth-order valence-electron chi connectivity index (χ4n) is 2.15. The van der Waals surface area contributed by atoms with Crippen LogP contribution in [-0.2, 0) is 0 Å². The first kappa shape index (κ1) is 11.9. The summed E-state index contributed by atoms with van der Waals surface area (Å²) in [5.41, 5.74) is 1.44. The van der Waals surface area contributed by atoms with Gasteiger partial charge in [0.15, 0.2) is 0 Å². The second-order valence-electron chi connectivity index (χ2n) is 4.27. The number of hydrogen-bond acceptors (Lipinski definition) is 3. The molecule has 0 aliphatic carbocycles. The first-order valence-electron chi connectivity index (χ1n) is 5.91. The third kappa shape index (κ3) is 1.80. The van der Waals surface area contributed by atoms with Gasteiger partial charge >= 0.3 is 5.97 Å². The lowest BCUT2D eigenvalue weighted by Gasteiger charge is -2.07. The molecule has 1 aromatic heterocycles. The lowest BCUT2D eigenvalue weighted by Crippen LogP contribution is -1.97. The molecule has 5 heteroatoms. The minimum Gasteiger partial charge on any atom is -0.478 e. The Morgan fingerprint density at radius 3 is 2.60 bits per heavy atom. The van der Waals surface area contributed by atoms with E-state index in [9.17, 15) is 4.79 Å². The smallest absolute Gasteiger partial charge is 0.338 e. The monoisotopic (exact) mass is 263 g/mol. The third-order valence-corrected chi connectivity index (χ3v) is 3.10. The molecule has 0 unspecified atom stereocenters. The van der Waals surface area contributed by atoms with Crippen LogP contribution in [0.15, 0.2) is 48.8 Å². The number of fused-ring (bicyclic) bond motifs is 1. The van der Waals surface area contributed by atoms with Gasteiger partial charge in [-0.25, -0.2) is 9.48 Å². The predicted molar refractivity (Wildman–Crippen MR) is 72.7 cm³/mol. The molecule has 0 amide bonds. The van der Waals surface area contributed by atoms with Gasteiger partial charge in [0.2, 0.25) is 0 Å². The van der Waals surface area contributed by atoms with Crippen molar-refractivity contribution in [3.63, 3.8) is 0 Å². The number of aromatic carboxylic acids is 1. The minimum atomic E-state index is -1.02. The molecule has 3 rings (SSSR count). The zero-order chi connectivity index (χ0) is 14.1. The molecule has 2 aromatic carbocycles.